The van der Waals surface area contributed by atoms with Crippen molar-refractivity contribution in [3.63, 3.8) is 0 Å². The van der Waals surface area contributed by atoms with Crippen molar-refractivity contribution in [2.75, 3.05) is 24.5 Å². The zero-order chi connectivity index (χ0) is 24.0. The number of hydrogen-bond acceptors (Lipinski definition) is 6. The highest BCUT2D eigenvalue weighted by Crippen LogP contribution is 2.35. The molecule has 3 heterocycles. The van der Waals surface area contributed by atoms with Crippen LogP contribution in [0.25, 0.3) is 0 Å². The fourth-order valence-corrected chi connectivity index (χ4v) is 3.95. The summed E-state index contributed by atoms with van der Waals surface area (Å²) in [5.74, 6) is 0.629. The number of anilines is 1. The van der Waals surface area contributed by atoms with E-state index in [0.717, 1.165) is 38.2 Å². The van der Waals surface area contributed by atoms with Crippen LogP contribution in [0.4, 0.5) is 19.0 Å². The quantitative estimate of drug-likeness (QED) is 0.520. The van der Waals surface area contributed by atoms with Gasteiger partial charge in [0.2, 0.25) is 0 Å². The number of thiocarbonyl (C=S) groups is 1. The van der Waals surface area contributed by atoms with Crippen LogP contribution < -0.4 is 30.3 Å². The first-order valence-corrected chi connectivity index (χ1v) is 11.2. The first kappa shape index (κ1) is 23.7. The smallest absolute Gasteiger partial charge is 0.453 e. The first-order chi connectivity index (χ1) is 16.4. The van der Waals surface area contributed by atoms with Gasteiger partial charge in [-0.25, -0.2) is 4.98 Å². The molecule has 0 aliphatic carbocycles. The number of halogens is 3. The number of dihydropyridines is 1. The summed E-state index contributed by atoms with van der Waals surface area (Å²) in [7, 11) is 0. The van der Waals surface area contributed by atoms with E-state index in [1.54, 1.807) is 24.4 Å². The molecule has 0 atom stereocenters. The second-order valence-corrected chi connectivity index (χ2v) is 8.12. The summed E-state index contributed by atoms with van der Waals surface area (Å²) in [4.78, 5) is 6.51. The number of aromatic nitrogens is 1. The number of rotatable bonds is 6. The Hall–Kier alpha value is -3.47. The van der Waals surface area contributed by atoms with Crippen LogP contribution in [0.2, 0.25) is 0 Å². The largest absolute Gasteiger partial charge is 0.573 e. The molecule has 1 fully saturated rings. The molecule has 0 radical (unpaired) electrons. The maximum atomic E-state index is 12.7. The second kappa shape index (κ2) is 10.6. The van der Waals surface area contributed by atoms with Crippen LogP contribution in [0.1, 0.15) is 12.8 Å². The monoisotopic (exact) mass is 491 g/mol. The van der Waals surface area contributed by atoms with E-state index < -0.39 is 12.1 Å². The van der Waals surface area contributed by atoms with Crippen molar-refractivity contribution in [1.82, 2.24) is 20.9 Å². The lowest BCUT2D eigenvalue weighted by atomic mass is 10.1. The predicted molar refractivity (Wildman–Crippen MR) is 127 cm³/mol. The topological polar surface area (TPSA) is 70.7 Å². The summed E-state index contributed by atoms with van der Waals surface area (Å²) in [6.07, 6.45) is 4.33. The Bertz CT molecular complexity index is 1070. The SMILES string of the molecule is FC(F)(F)Oc1ccccc1Oc1ccnc(N2CCC(NC(=S)NC3=CNCC=C3)CC2)c1. The molecule has 1 aromatic heterocycles. The fourth-order valence-electron chi connectivity index (χ4n) is 3.66. The lowest BCUT2D eigenvalue weighted by Gasteiger charge is -2.33. The highest BCUT2D eigenvalue weighted by molar-refractivity contribution is 7.80. The van der Waals surface area contributed by atoms with Crippen LogP contribution in [-0.2, 0) is 0 Å². The van der Waals surface area contributed by atoms with Gasteiger partial charge >= 0.3 is 6.36 Å². The predicted octanol–water partition coefficient (Wildman–Crippen LogP) is 4.21. The molecule has 0 unspecified atom stereocenters. The number of allylic oxidation sites excluding steroid dienone is 1. The zero-order valence-corrected chi connectivity index (χ0v) is 19.0. The van der Waals surface area contributed by atoms with Crippen molar-refractivity contribution in [2.45, 2.75) is 25.2 Å². The average molecular weight is 492 g/mol. The third-order valence-corrected chi connectivity index (χ3v) is 5.44. The van der Waals surface area contributed by atoms with E-state index in [9.17, 15) is 13.2 Å². The van der Waals surface area contributed by atoms with E-state index in [0.29, 0.717) is 16.7 Å². The van der Waals surface area contributed by atoms with Crippen LogP contribution in [0.5, 0.6) is 17.2 Å². The van der Waals surface area contributed by atoms with Gasteiger partial charge in [-0.1, -0.05) is 18.2 Å². The molecular formula is C23H24F3N5O2S. The lowest BCUT2D eigenvalue weighted by Crippen LogP contribution is -2.47. The standard InChI is InChI=1S/C23H24F3N5O2S/c24-23(25,26)33-20-6-2-1-5-19(20)32-18-7-11-28-21(14-18)31-12-8-16(9-13-31)29-22(34)30-17-4-3-10-27-15-17/h1-7,11,14-16,27H,8-10,12-13H2,(H2,29,30,34). The molecule has 11 heteroatoms. The molecule has 1 saturated heterocycles. The fraction of sp³-hybridized carbons (Fsp3) is 0.304. The number of pyridine rings is 1. The summed E-state index contributed by atoms with van der Waals surface area (Å²) < 4.78 is 47.8. The van der Waals surface area contributed by atoms with E-state index in [4.69, 9.17) is 17.0 Å². The molecule has 0 amide bonds. The molecule has 34 heavy (non-hydrogen) atoms. The Morgan fingerprint density at radius 1 is 1.15 bits per heavy atom. The highest BCUT2D eigenvalue weighted by Gasteiger charge is 2.32. The van der Waals surface area contributed by atoms with Crippen LogP contribution >= 0.6 is 12.2 Å². The van der Waals surface area contributed by atoms with Gasteiger partial charge in [-0.15, -0.1) is 13.2 Å². The molecule has 3 N–H and O–H groups in total. The van der Waals surface area contributed by atoms with E-state index >= 15 is 0 Å². The summed E-state index contributed by atoms with van der Waals surface area (Å²) in [6, 6.07) is 9.18. The van der Waals surface area contributed by atoms with Crippen molar-refractivity contribution in [3.8, 4) is 17.2 Å². The van der Waals surface area contributed by atoms with Gasteiger partial charge in [-0.2, -0.15) is 0 Å². The van der Waals surface area contributed by atoms with Gasteiger partial charge < -0.3 is 30.3 Å². The van der Waals surface area contributed by atoms with Gasteiger partial charge in [0.15, 0.2) is 16.6 Å². The van der Waals surface area contributed by atoms with Gasteiger partial charge in [0.25, 0.3) is 0 Å². The van der Waals surface area contributed by atoms with Crippen molar-refractivity contribution in [2.24, 2.45) is 0 Å². The van der Waals surface area contributed by atoms with Gasteiger partial charge in [0.05, 0.1) is 5.70 Å². The summed E-state index contributed by atoms with van der Waals surface area (Å²) >= 11 is 5.41. The number of piperidine rings is 1. The summed E-state index contributed by atoms with van der Waals surface area (Å²) in [5, 5.41) is 10.2. The van der Waals surface area contributed by atoms with Crippen LogP contribution in [0.15, 0.2) is 66.6 Å². The van der Waals surface area contributed by atoms with Gasteiger partial charge in [0.1, 0.15) is 11.6 Å². The third-order valence-electron chi connectivity index (χ3n) is 5.22. The first-order valence-electron chi connectivity index (χ1n) is 10.8. The second-order valence-electron chi connectivity index (χ2n) is 7.72. The van der Waals surface area contributed by atoms with Crippen LogP contribution in [-0.4, -0.2) is 42.1 Å². The van der Waals surface area contributed by atoms with Crippen molar-refractivity contribution in [1.29, 1.82) is 0 Å². The normalized spacial score (nSPS) is 16.3. The number of nitrogens with one attached hydrogen (secondary N) is 3. The van der Waals surface area contributed by atoms with E-state index in [2.05, 4.69) is 30.6 Å². The Morgan fingerprint density at radius 3 is 2.62 bits per heavy atom. The molecule has 0 spiro atoms. The lowest BCUT2D eigenvalue weighted by molar-refractivity contribution is -0.275. The van der Waals surface area contributed by atoms with Crippen molar-refractivity contribution < 1.29 is 22.6 Å². The average Bonchev–Trinajstić information content (AvgIpc) is 2.81. The zero-order valence-electron chi connectivity index (χ0n) is 18.1. The maximum Gasteiger partial charge on any atom is 0.573 e. The molecule has 7 nitrogen and oxygen atoms in total. The van der Waals surface area contributed by atoms with Gasteiger partial charge in [-0.3, -0.25) is 0 Å². The number of alkyl halides is 3. The molecule has 1 aromatic carbocycles. The molecule has 2 aliphatic heterocycles. The van der Waals surface area contributed by atoms with E-state index in [1.807, 2.05) is 18.4 Å². The van der Waals surface area contributed by atoms with Crippen molar-refractivity contribution in [3.05, 3.63) is 66.6 Å². The Balaban J connectivity index is 1.32. The molecular weight excluding hydrogens is 467 g/mol. The Morgan fingerprint density at radius 2 is 1.91 bits per heavy atom. The summed E-state index contributed by atoms with van der Waals surface area (Å²) in [5.41, 5.74) is 0.907. The number of para-hydroxylation sites is 2. The third kappa shape index (κ3) is 6.77. The minimum Gasteiger partial charge on any atom is -0.453 e. The number of benzene rings is 1. The highest BCUT2D eigenvalue weighted by atomic mass is 32.1. The summed E-state index contributed by atoms with van der Waals surface area (Å²) in [6.45, 7) is 2.29. The minimum atomic E-state index is -4.81. The Kier molecular flexibility index (Phi) is 7.41. The van der Waals surface area contributed by atoms with Crippen LogP contribution in [0.3, 0.4) is 0 Å². The maximum absolute atomic E-state index is 12.7. The molecule has 180 valence electrons. The number of ether oxygens (including phenoxy) is 2. The van der Waals surface area contributed by atoms with Gasteiger partial charge in [0, 0.05) is 44.1 Å². The minimum absolute atomic E-state index is 0.0287. The van der Waals surface area contributed by atoms with Gasteiger partial charge in [-0.05, 0) is 49.3 Å². The molecule has 2 aliphatic rings. The van der Waals surface area contributed by atoms with Crippen LogP contribution in [0, 0.1) is 0 Å². The number of nitrogens with zero attached hydrogens (tertiary/aromatic N) is 2. The number of hydrogen-bond donors (Lipinski definition) is 3. The molecule has 0 bridgehead atoms. The van der Waals surface area contributed by atoms with E-state index in [-0.39, 0.29) is 11.8 Å². The molecule has 0 saturated carbocycles. The van der Waals surface area contributed by atoms with E-state index in [1.165, 1.54) is 18.2 Å². The molecule has 2 aromatic rings. The molecule has 4 rings (SSSR count). The Labute approximate surface area is 200 Å². The van der Waals surface area contributed by atoms with Crippen molar-refractivity contribution >= 4 is 23.1 Å².